The Morgan fingerprint density at radius 1 is 1.16 bits per heavy atom. The largest absolute Gasteiger partial charge is 0.478 e. The number of hydrogen-bond donors (Lipinski definition) is 2. The van der Waals surface area contributed by atoms with E-state index in [0.29, 0.717) is 26.6 Å². The third-order valence-corrected chi connectivity index (χ3v) is 3.99. The normalized spacial score (nSPS) is 10.7. The van der Waals surface area contributed by atoms with Gasteiger partial charge < -0.3 is 10.4 Å². The lowest BCUT2D eigenvalue weighted by Gasteiger charge is -2.12. The number of anilines is 1. The lowest BCUT2D eigenvalue weighted by molar-refractivity contribution is 0.0696. The molecule has 0 aliphatic heterocycles. The maximum atomic E-state index is 12.5. The van der Waals surface area contributed by atoms with Crippen LogP contribution in [0.1, 0.15) is 26.7 Å². The van der Waals surface area contributed by atoms with Gasteiger partial charge in [0.25, 0.3) is 5.91 Å². The fraction of sp³-hybridized carbons (Fsp3) is 0.0588. The number of nitrogens with zero attached hydrogens (tertiary/aromatic N) is 2. The molecule has 0 fully saturated rings. The van der Waals surface area contributed by atoms with Crippen molar-refractivity contribution in [1.29, 1.82) is 0 Å². The fourth-order valence-corrected chi connectivity index (χ4v) is 3.03. The molecule has 8 heteroatoms. The molecule has 1 heterocycles. The van der Waals surface area contributed by atoms with Gasteiger partial charge in [0.2, 0.25) is 0 Å². The predicted molar refractivity (Wildman–Crippen MR) is 95.6 cm³/mol. The van der Waals surface area contributed by atoms with Crippen molar-refractivity contribution in [1.82, 2.24) is 9.97 Å². The first-order valence-corrected chi connectivity index (χ1v) is 7.88. The molecule has 0 unspecified atom stereocenters. The lowest BCUT2D eigenvalue weighted by atomic mass is 10.0. The molecule has 6 nitrogen and oxygen atoms in total. The Labute approximate surface area is 152 Å². The molecule has 0 atom stereocenters. The number of rotatable bonds is 3. The highest BCUT2D eigenvalue weighted by molar-refractivity contribution is 6.40. The molecule has 0 bridgehead atoms. The zero-order chi connectivity index (χ0) is 18.1. The van der Waals surface area contributed by atoms with E-state index >= 15 is 0 Å². The van der Waals surface area contributed by atoms with E-state index in [1.807, 2.05) is 0 Å². The molecule has 2 N–H and O–H groups in total. The Morgan fingerprint density at radius 2 is 1.92 bits per heavy atom. The second-order valence-corrected chi connectivity index (χ2v) is 6.10. The molecule has 0 saturated heterocycles. The zero-order valence-corrected chi connectivity index (χ0v) is 14.4. The van der Waals surface area contributed by atoms with E-state index in [4.69, 9.17) is 23.2 Å². The third kappa shape index (κ3) is 3.55. The van der Waals surface area contributed by atoms with Crippen LogP contribution in [-0.4, -0.2) is 27.0 Å². The van der Waals surface area contributed by atoms with Gasteiger partial charge in [0.05, 0.1) is 16.3 Å². The molecule has 1 aromatic heterocycles. The molecule has 3 rings (SSSR count). The summed E-state index contributed by atoms with van der Waals surface area (Å²) >= 11 is 12.2. The summed E-state index contributed by atoms with van der Waals surface area (Å²) in [6.07, 6.45) is 1.47. The average molecular weight is 376 g/mol. The summed E-state index contributed by atoms with van der Waals surface area (Å²) in [4.78, 5) is 31.8. The number of carboxylic acid groups (broad SMARTS) is 1. The van der Waals surface area contributed by atoms with Crippen LogP contribution in [0.25, 0.3) is 10.8 Å². The van der Waals surface area contributed by atoms with Crippen molar-refractivity contribution < 1.29 is 14.7 Å². The molecule has 1 amide bonds. The van der Waals surface area contributed by atoms with E-state index in [-0.39, 0.29) is 16.9 Å². The quantitative estimate of drug-likeness (QED) is 0.715. The zero-order valence-electron chi connectivity index (χ0n) is 12.9. The number of fused-ring (bicyclic) bond motifs is 1. The van der Waals surface area contributed by atoms with Gasteiger partial charge in [0, 0.05) is 16.6 Å². The van der Waals surface area contributed by atoms with E-state index in [1.54, 1.807) is 13.0 Å². The summed E-state index contributed by atoms with van der Waals surface area (Å²) in [6.45, 7) is 1.66. The molecular formula is C17H11Cl2N3O3. The van der Waals surface area contributed by atoms with Gasteiger partial charge in [0.15, 0.2) is 0 Å². The van der Waals surface area contributed by atoms with Crippen LogP contribution < -0.4 is 5.32 Å². The average Bonchev–Trinajstić information content (AvgIpc) is 2.53. The number of carboxylic acids is 1. The smallest absolute Gasteiger partial charge is 0.335 e. The number of carbonyl (C=O) groups excluding carboxylic acids is 1. The van der Waals surface area contributed by atoms with Crippen molar-refractivity contribution in [3.63, 3.8) is 0 Å². The number of amides is 1. The number of aryl methyl sites for hydroxylation is 1. The number of carbonyl (C=O) groups is 2. The fourth-order valence-electron chi connectivity index (χ4n) is 2.42. The van der Waals surface area contributed by atoms with Gasteiger partial charge in [0.1, 0.15) is 11.5 Å². The van der Waals surface area contributed by atoms with Gasteiger partial charge in [-0.1, -0.05) is 23.2 Å². The number of aromatic carboxylic acids is 1. The topological polar surface area (TPSA) is 92.2 Å². The Bertz CT molecular complexity index is 1020. The van der Waals surface area contributed by atoms with Crippen LogP contribution in [0.15, 0.2) is 36.5 Å². The number of halogens is 2. The maximum Gasteiger partial charge on any atom is 0.335 e. The first-order valence-electron chi connectivity index (χ1n) is 7.12. The van der Waals surface area contributed by atoms with Crippen molar-refractivity contribution in [2.45, 2.75) is 6.92 Å². The van der Waals surface area contributed by atoms with E-state index in [9.17, 15) is 14.7 Å². The number of aromatic nitrogens is 2. The minimum Gasteiger partial charge on any atom is -0.478 e. The molecule has 126 valence electrons. The highest BCUT2D eigenvalue weighted by atomic mass is 35.5. The van der Waals surface area contributed by atoms with Crippen molar-refractivity contribution in [3.05, 3.63) is 63.7 Å². The number of benzene rings is 2. The molecule has 0 saturated carbocycles. The summed E-state index contributed by atoms with van der Waals surface area (Å²) in [5, 5.41) is 13.6. The molecule has 0 aliphatic rings. The highest BCUT2D eigenvalue weighted by Gasteiger charge is 2.16. The van der Waals surface area contributed by atoms with Crippen LogP contribution >= 0.6 is 23.2 Å². The number of hydrogen-bond acceptors (Lipinski definition) is 4. The van der Waals surface area contributed by atoms with Crippen LogP contribution in [0.2, 0.25) is 10.0 Å². The lowest BCUT2D eigenvalue weighted by Crippen LogP contribution is -2.15. The summed E-state index contributed by atoms with van der Waals surface area (Å²) in [6, 6.07) is 7.36. The van der Waals surface area contributed by atoms with Crippen molar-refractivity contribution in [2.24, 2.45) is 0 Å². The van der Waals surface area contributed by atoms with Crippen molar-refractivity contribution >= 4 is 51.5 Å². The monoisotopic (exact) mass is 375 g/mol. The Hall–Kier alpha value is -2.70. The first kappa shape index (κ1) is 17.1. The van der Waals surface area contributed by atoms with Gasteiger partial charge in [-0.2, -0.15) is 0 Å². The molecule has 0 spiro atoms. The van der Waals surface area contributed by atoms with Gasteiger partial charge in [-0.25, -0.2) is 14.8 Å². The van der Waals surface area contributed by atoms with Gasteiger partial charge in [-0.05, 0) is 42.6 Å². The third-order valence-electron chi connectivity index (χ3n) is 3.47. The summed E-state index contributed by atoms with van der Waals surface area (Å²) < 4.78 is 0. The second kappa shape index (κ2) is 6.66. The Balaban J connectivity index is 2.14. The summed E-state index contributed by atoms with van der Waals surface area (Å²) in [7, 11) is 0. The van der Waals surface area contributed by atoms with Crippen molar-refractivity contribution in [3.8, 4) is 0 Å². The molecular weight excluding hydrogens is 365 g/mol. The minimum absolute atomic E-state index is 0.00000131. The molecule has 0 aliphatic carbocycles. The van der Waals surface area contributed by atoms with E-state index in [1.165, 1.54) is 30.5 Å². The van der Waals surface area contributed by atoms with Crippen molar-refractivity contribution in [2.75, 3.05) is 5.32 Å². The number of nitrogens with one attached hydrogen (secondary N) is 1. The standard InChI is InChI=1S/C17H11Cl2N3O3/c1-8-20-3-2-13(21-8)16(23)22-14-6-10(17(24)25)4-9-5-11(18)7-12(19)15(9)14/h2-7H,1H3,(H,22,23)(H,24,25). The SMILES string of the molecule is Cc1nccc(C(=O)Nc2cc(C(=O)O)cc3cc(Cl)cc(Cl)c23)n1. The van der Waals surface area contributed by atoms with E-state index in [0.717, 1.165) is 0 Å². The minimum atomic E-state index is -1.13. The van der Waals surface area contributed by atoms with Crippen LogP contribution in [0.5, 0.6) is 0 Å². The van der Waals surface area contributed by atoms with E-state index in [2.05, 4.69) is 15.3 Å². The van der Waals surface area contributed by atoms with E-state index < -0.39 is 11.9 Å². The maximum absolute atomic E-state index is 12.5. The van der Waals surface area contributed by atoms with Gasteiger partial charge in [-0.3, -0.25) is 4.79 Å². The van der Waals surface area contributed by atoms with Crippen LogP contribution in [0, 0.1) is 6.92 Å². The van der Waals surface area contributed by atoms with Crippen LogP contribution in [-0.2, 0) is 0 Å². The Morgan fingerprint density at radius 3 is 2.60 bits per heavy atom. The molecule has 2 aromatic carbocycles. The molecule has 0 radical (unpaired) electrons. The summed E-state index contributed by atoms with van der Waals surface area (Å²) in [5.41, 5.74) is 0.421. The van der Waals surface area contributed by atoms with Crippen LogP contribution in [0.4, 0.5) is 5.69 Å². The first-order chi connectivity index (χ1) is 11.8. The highest BCUT2D eigenvalue weighted by Crippen LogP contribution is 2.35. The molecule has 25 heavy (non-hydrogen) atoms. The van der Waals surface area contributed by atoms with Gasteiger partial charge >= 0.3 is 5.97 Å². The summed E-state index contributed by atoms with van der Waals surface area (Å²) in [5.74, 6) is -1.19. The predicted octanol–water partition coefficient (Wildman–Crippen LogP) is 4.20. The second-order valence-electron chi connectivity index (χ2n) is 5.26. The Kier molecular flexibility index (Phi) is 4.57. The molecule has 3 aromatic rings. The van der Waals surface area contributed by atoms with Crippen LogP contribution in [0.3, 0.4) is 0 Å². The van der Waals surface area contributed by atoms with Gasteiger partial charge in [-0.15, -0.1) is 0 Å².